The molecule has 112 valence electrons. The molecule has 1 saturated carbocycles. The first-order chi connectivity index (χ1) is 10.2. The number of nitrogens with zero attached hydrogens (tertiary/aromatic N) is 2. The molecule has 0 aliphatic heterocycles. The number of benzene rings is 1. The number of aliphatic hydroxyl groups is 1. The molecule has 1 aromatic heterocycles. The summed E-state index contributed by atoms with van der Waals surface area (Å²) in [5.74, 6) is 0.128. The van der Waals surface area contributed by atoms with Crippen molar-refractivity contribution in [1.82, 2.24) is 9.78 Å². The average Bonchev–Trinajstić information content (AvgIpc) is 3.18. The lowest BCUT2D eigenvalue weighted by Gasteiger charge is -2.18. The molecule has 1 fully saturated rings. The van der Waals surface area contributed by atoms with Crippen LogP contribution in [0.2, 0.25) is 0 Å². The van der Waals surface area contributed by atoms with Crippen molar-refractivity contribution in [3.63, 3.8) is 0 Å². The van der Waals surface area contributed by atoms with Crippen molar-refractivity contribution in [1.29, 1.82) is 0 Å². The summed E-state index contributed by atoms with van der Waals surface area (Å²) in [5, 5.41) is 15.1. The molecular formula is C18H24N2O. The van der Waals surface area contributed by atoms with Crippen LogP contribution in [0.25, 0.3) is 0 Å². The minimum Gasteiger partial charge on any atom is -0.392 e. The van der Waals surface area contributed by atoms with Gasteiger partial charge in [0.2, 0.25) is 0 Å². The molecule has 3 rings (SSSR count). The highest BCUT2D eigenvalue weighted by Gasteiger charge is 2.20. The van der Waals surface area contributed by atoms with Gasteiger partial charge < -0.3 is 5.11 Å². The van der Waals surface area contributed by atoms with Gasteiger partial charge in [0.15, 0.2) is 0 Å². The van der Waals surface area contributed by atoms with E-state index >= 15 is 0 Å². The molecule has 21 heavy (non-hydrogen) atoms. The van der Waals surface area contributed by atoms with Gasteiger partial charge in [0.1, 0.15) is 0 Å². The first-order valence-electron chi connectivity index (χ1n) is 8.01. The monoisotopic (exact) mass is 284 g/mol. The Morgan fingerprint density at radius 1 is 1.19 bits per heavy atom. The summed E-state index contributed by atoms with van der Waals surface area (Å²) in [5.41, 5.74) is 2.18. The first-order valence-corrected chi connectivity index (χ1v) is 8.01. The smallest absolute Gasteiger partial charge is 0.0662 e. The summed E-state index contributed by atoms with van der Waals surface area (Å²) in [6, 6.07) is 12.8. The summed E-state index contributed by atoms with van der Waals surface area (Å²) >= 11 is 0. The van der Waals surface area contributed by atoms with Crippen LogP contribution < -0.4 is 0 Å². The lowest BCUT2D eigenvalue weighted by atomic mass is 9.93. The molecule has 3 nitrogen and oxygen atoms in total. The van der Waals surface area contributed by atoms with Gasteiger partial charge in [-0.1, -0.05) is 50.1 Å². The van der Waals surface area contributed by atoms with Crippen LogP contribution in [-0.2, 0) is 6.42 Å². The van der Waals surface area contributed by atoms with Crippen molar-refractivity contribution >= 4 is 0 Å². The molecule has 3 heteroatoms. The normalized spacial score (nSPS) is 18.8. The second kappa shape index (κ2) is 6.44. The van der Waals surface area contributed by atoms with E-state index in [1.54, 1.807) is 0 Å². The van der Waals surface area contributed by atoms with Gasteiger partial charge in [-0.25, -0.2) is 0 Å². The number of aromatic nitrogens is 2. The Labute approximate surface area is 126 Å². The molecule has 1 aromatic carbocycles. The van der Waals surface area contributed by atoms with Gasteiger partial charge in [-0.05, 0) is 24.5 Å². The van der Waals surface area contributed by atoms with Gasteiger partial charge in [0, 0.05) is 18.5 Å². The molecule has 2 unspecified atom stereocenters. The van der Waals surface area contributed by atoms with Gasteiger partial charge in [0.25, 0.3) is 0 Å². The molecule has 0 amide bonds. The highest BCUT2D eigenvalue weighted by Crippen LogP contribution is 2.29. The lowest BCUT2D eigenvalue weighted by Crippen LogP contribution is -2.19. The maximum Gasteiger partial charge on any atom is 0.0662 e. The molecular weight excluding hydrogens is 260 g/mol. The average molecular weight is 284 g/mol. The van der Waals surface area contributed by atoms with Crippen molar-refractivity contribution in [2.24, 2.45) is 0 Å². The van der Waals surface area contributed by atoms with Crippen molar-refractivity contribution in [2.45, 2.75) is 57.1 Å². The number of aliphatic hydroxyl groups excluding tert-OH is 1. The molecule has 1 aliphatic carbocycles. The summed E-state index contributed by atoms with van der Waals surface area (Å²) in [7, 11) is 0. The molecule has 1 N–H and O–H groups in total. The van der Waals surface area contributed by atoms with Gasteiger partial charge in [-0.3, -0.25) is 4.68 Å². The second-order valence-electron chi connectivity index (χ2n) is 6.20. The molecule has 0 spiro atoms. The third-order valence-corrected chi connectivity index (χ3v) is 4.68. The molecule has 0 radical (unpaired) electrons. The van der Waals surface area contributed by atoms with E-state index in [0.717, 1.165) is 5.69 Å². The molecule has 2 aromatic rings. The fourth-order valence-corrected chi connectivity index (χ4v) is 3.23. The molecule has 1 aliphatic rings. The Bertz CT molecular complexity index is 558. The third-order valence-electron chi connectivity index (χ3n) is 4.68. The molecule has 2 atom stereocenters. The zero-order valence-corrected chi connectivity index (χ0v) is 12.7. The molecule has 0 saturated heterocycles. The molecule has 0 bridgehead atoms. The summed E-state index contributed by atoms with van der Waals surface area (Å²) in [6.45, 7) is 2.08. The van der Waals surface area contributed by atoms with Crippen molar-refractivity contribution in [3.05, 3.63) is 53.9 Å². The minimum absolute atomic E-state index is 0.128. The van der Waals surface area contributed by atoms with E-state index in [-0.39, 0.29) is 12.0 Å². The highest BCUT2D eigenvalue weighted by atomic mass is 16.3. The Balaban J connectivity index is 1.63. The second-order valence-corrected chi connectivity index (χ2v) is 6.20. The zero-order chi connectivity index (χ0) is 14.7. The predicted octanol–water partition coefficient (Wildman–Crippen LogP) is 3.71. The Morgan fingerprint density at radius 3 is 2.62 bits per heavy atom. The SMILES string of the molecule is CC(c1ccccc1)C(O)Cc1ccn(C2CCCC2)n1. The van der Waals surface area contributed by atoms with Gasteiger partial charge in [0.05, 0.1) is 17.8 Å². The van der Waals surface area contributed by atoms with Crippen LogP contribution in [0.1, 0.15) is 55.8 Å². The van der Waals surface area contributed by atoms with E-state index in [2.05, 4.69) is 41.1 Å². The van der Waals surface area contributed by atoms with E-state index in [9.17, 15) is 5.11 Å². The third kappa shape index (κ3) is 3.35. The van der Waals surface area contributed by atoms with Crippen LogP contribution >= 0.6 is 0 Å². The maximum absolute atomic E-state index is 10.4. The van der Waals surface area contributed by atoms with E-state index in [0.29, 0.717) is 12.5 Å². The van der Waals surface area contributed by atoms with Crippen LogP contribution in [0.15, 0.2) is 42.6 Å². The standard InChI is InChI=1S/C18H24N2O/c1-14(15-7-3-2-4-8-15)18(21)13-16-11-12-20(19-16)17-9-5-6-10-17/h2-4,7-8,11-12,14,17-18,21H,5-6,9-10,13H2,1H3. The summed E-state index contributed by atoms with van der Waals surface area (Å²) in [6.07, 6.45) is 7.41. The van der Waals surface area contributed by atoms with Crippen molar-refractivity contribution in [3.8, 4) is 0 Å². The van der Waals surface area contributed by atoms with Crippen LogP contribution in [-0.4, -0.2) is 21.0 Å². The Hall–Kier alpha value is -1.61. The largest absolute Gasteiger partial charge is 0.392 e. The van der Waals surface area contributed by atoms with Gasteiger partial charge in [-0.15, -0.1) is 0 Å². The minimum atomic E-state index is -0.390. The van der Waals surface area contributed by atoms with Crippen LogP contribution in [0.5, 0.6) is 0 Å². The lowest BCUT2D eigenvalue weighted by molar-refractivity contribution is 0.148. The van der Waals surface area contributed by atoms with Gasteiger partial charge >= 0.3 is 0 Å². The number of hydrogen-bond acceptors (Lipinski definition) is 2. The van der Waals surface area contributed by atoms with Crippen LogP contribution in [0, 0.1) is 0 Å². The zero-order valence-electron chi connectivity index (χ0n) is 12.7. The number of rotatable bonds is 5. The summed E-state index contributed by atoms with van der Waals surface area (Å²) in [4.78, 5) is 0. The Morgan fingerprint density at radius 2 is 1.90 bits per heavy atom. The van der Waals surface area contributed by atoms with E-state index in [1.165, 1.54) is 31.2 Å². The predicted molar refractivity (Wildman–Crippen MR) is 84.3 cm³/mol. The Kier molecular flexibility index (Phi) is 4.39. The topological polar surface area (TPSA) is 38.0 Å². The summed E-state index contributed by atoms with van der Waals surface area (Å²) < 4.78 is 2.10. The molecule has 1 heterocycles. The maximum atomic E-state index is 10.4. The number of hydrogen-bond donors (Lipinski definition) is 1. The van der Waals surface area contributed by atoms with E-state index in [1.807, 2.05) is 18.2 Å². The van der Waals surface area contributed by atoms with Crippen LogP contribution in [0.3, 0.4) is 0 Å². The van der Waals surface area contributed by atoms with Crippen LogP contribution in [0.4, 0.5) is 0 Å². The van der Waals surface area contributed by atoms with E-state index in [4.69, 9.17) is 0 Å². The fraction of sp³-hybridized carbons (Fsp3) is 0.500. The highest BCUT2D eigenvalue weighted by molar-refractivity contribution is 5.20. The first kappa shape index (κ1) is 14.3. The quantitative estimate of drug-likeness (QED) is 0.909. The van der Waals surface area contributed by atoms with E-state index < -0.39 is 0 Å². The fourth-order valence-electron chi connectivity index (χ4n) is 3.23. The van der Waals surface area contributed by atoms with Crippen molar-refractivity contribution < 1.29 is 5.11 Å². The van der Waals surface area contributed by atoms with Crippen molar-refractivity contribution in [2.75, 3.05) is 0 Å². The van der Waals surface area contributed by atoms with Gasteiger partial charge in [-0.2, -0.15) is 5.10 Å².